The molecule has 0 fully saturated rings. The Kier molecular flexibility index (Phi) is 8.11. The minimum Gasteiger partial charge on any atom is -0.444 e. The number of rotatable bonds is 6. The molecule has 0 saturated carbocycles. The molecule has 3 N–H and O–H groups in total. The summed E-state index contributed by atoms with van der Waals surface area (Å²) in [6.07, 6.45) is -5.42. The molecule has 36 heavy (non-hydrogen) atoms. The van der Waals surface area contributed by atoms with Crippen molar-refractivity contribution < 1.29 is 37.0 Å². The average molecular weight is 508 g/mol. The number of alkyl carbamates (subject to hydrolysis) is 1. The van der Waals surface area contributed by atoms with E-state index in [0.717, 1.165) is 11.6 Å². The molecule has 11 heteroatoms. The zero-order chi connectivity index (χ0) is 26.5. The number of carbonyl (C=O) groups excluding carboxylic acids is 3. The van der Waals surface area contributed by atoms with Gasteiger partial charge in [-0.05, 0) is 56.9 Å². The highest BCUT2D eigenvalue weighted by Gasteiger charge is 2.34. The van der Waals surface area contributed by atoms with Crippen LogP contribution in [0, 0.1) is 0 Å². The van der Waals surface area contributed by atoms with E-state index >= 15 is 0 Å². The van der Waals surface area contributed by atoms with Gasteiger partial charge in [0.15, 0.2) is 0 Å². The van der Waals surface area contributed by atoms with Gasteiger partial charge in [-0.25, -0.2) is 4.79 Å². The number of halogens is 3. The van der Waals surface area contributed by atoms with Gasteiger partial charge in [0.1, 0.15) is 23.4 Å². The molecular formula is C25H28F3N3O5. The lowest BCUT2D eigenvalue weighted by molar-refractivity contribution is -0.274. The maximum absolute atomic E-state index is 13.2. The van der Waals surface area contributed by atoms with Crippen LogP contribution in [0.5, 0.6) is 5.75 Å². The van der Waals surface area contributed by atoms with E-state index in [2.05, 4.69) is 20.7 Å². The van der Waals surface area contributed by atoms with Crippen molar-refractivity contribution in [3.05, 3.63) is 59.7 Å². The molecule has 0 radical (unpaired) electrons. The Hall–Kier alpha value is -3.76. The van der Waals surface area contributed by atoms with Gasteiger partial charge < -0.3 is 25.4 Å². The quantitative estimate of drug-likeness (QED) is 0.546. The molecule has 1 heterocycles. The summed E-state index contributed by atoms with van der Waals surface area (Å²) in [5.74, 6) is -1.70. The van der Waals surface area contributed by atoms with Gasteiger partial charge in [0.2, 0.25) is 11.8 Å². The van der Waals surface area contributed by atoms with Crippen molar-refractivity contribution >= 4 is 23.6 Å². The smallest absolute Gasteiger partial charge is 0.444 e. The minimum absolute atomic E-state index is 0.0313. The normalized spacial score (nSPS) is 16.6. The number of hydrogen-bond acceptors (Lipinski definition) is 5. The van der Waals surface area contributed by atoms with E-state index in [9.17, 15) is 27.6 Å². The predicted molar refractivity (Wildman–Crippen MR) is 125 cm³/mol. The summed E-state index contributed by atoms with van der Waals surface area (Å²) in [4.78, 5) is 38.4. The molecule has 0 aromatic heterocycles. The molecule has 0 aliphatic carbocycles. The summed E-state index contributed by atoms with van der Waals surface area (Å²) < 4.78 is 47.9. The molecule has 8 nitrogen and oxygen atoms in total. The number of hydrogen-bond donors (Lipinski definition) is 3. The molecule has 0 spiro atoms. The fraction of sp³-hybridized carbons (Fsp3) is 0.400. The second kappa shape index (κ2) is 10.9. The van der Waals surface area contributed by atoms with Gasteiger partial charge in [-0.1, -0.05) is 36.4 Å². The minimum atomic E-state index is -4.94. The second-order valence-corrected chi connectivity index (χ2v) is 9.30. The molecule has 0 saturated heterocycles. The molecule has 2 aromatic carbocycles. The van der Waals surface area contributed by atoms with Gasteiger partial charge in [-0.3, -0.25) is 9.59 Å². The number of alkyl halides is 3. The van der Waals surface area contributed by atoms with Crippen molar-refractivity contribution in [2.75, 3.05) is 5.32 Å². The van der Waals surface area contributed by atoms with E-state index in [4.69, 9.17) is 4.74 Å². The number of anilines is 1. The Morgan fingerprint density at radius 3 is 2.44 bits per heavy atom. The topological polar surface area (TPSA) is 106 Å². The first-order chi connectivity index (χ1) is 16.8. The van der Waals surface area contributed by atoms with Crippen molar-refractivity contribution in [2.24, 2.45) is 0 Å². The lowest BCUT2D eigenvalue weighted by atomic mass is 10.0. The number of nitrogens with one attached hydrogen (secondary N) is 3. The molecule has 1 aliphatic rings. The maximum atomic E-state index is 13.2. The summed E-state index contributed by atoms with van der Waals surface area (Å²) in [5, 5.41) is 7.79. The summed E-state index contributed by atoms with van der Waals surface area (Å²) >= 11 is 0. The number of benzene rings is 2. The lowest BCUT2D eigenvalue weighted by Crippen LogP contribution is -2.53. The van der Waals surface area contributed by atoms with Crippen LogP contribution in [0.25, 0.3) is 0 Å². The summed E-state index contributed by atoms with van der Waals surface area (Å²) in [6.45, 7) is 4.88. The first kappa shape index (κ1) is 26.8. The lowest BCUT2D eigenvalue weighted by Gasteiger charge is -2.25. The zero-order valence-electron chi connectivity index (χ0n) is 20.1. The first-order valence-electron chi connectivity index (χ1n) is 11.3. The number of ether oxygens (including phenoxy) is 2. The average Bonchev–Trinajstić information content (AvgIpc) is 2.91. The molecule has 1 aliphatic heterocycles. The Bertz CT molecular complexity index is 1110. The SMILES string of the molecule is CC(C)(C)OC(=O)N[C@H](Cc1ccccc1OC(F)(F)F)C(=O)N[C@H]1CCc2ccccc2NC1=O. The van der Waals surface area contributed by atoms with E-state index in [1.54, 1.807) is 32.9 Å². The standard InChI is InChI=1S/C25H28F3N3O5/c1-24(2,3)36-23(34)31-19(14-16-9-5-7-11-20(16)35-25(26,27)28)22(33)30-18-13-12-15-8-4-6-10-17(15)29-21(18)32/h4-11,18-19H,12-14H2,1-3H3,(H,29,32)(H,30,33)(H,31,34)/t18-,19+/m0/s1. The predicted octanol–water partition coefficient (Wildman–Crippen LogP) is 4.09. The van der Waals surface area contributed by atoms with Crippen molar-refractivity contribution in [1.29, 1.82) is 0 Å². The number of amides is 3. The van der Waals surface area contributed by atoms with Crippen LogP contribution in [0.1, 0.15) is 38.3 Å². The molecule has 0 unspecified atom stereocenters. The second-order valence-electron chi connectivity index (χ2n) is 9.30. The van der Waals surface area contributed by atoms with Crippen LogP contribution in [0.2, 0.25) is 0 Å². The largest absolute Gasteiger partial charge is 0.573 e. The molecule has 0 bridgehead atoms. The van der Waals surface area contributed by atoms with Crippen LogP contribution in [0.4, 0.5) is 23.7 Å². The highest BCUT2D eigenvalue weighted by atomic mass is 19.4. The summed E-state index contributed by atoms with van der Waals surface area (Å²) in [5.41, 5.74) is 0.698. The Morgan fingerprint density at radius 2 is 1.75 bits per heavy atom. The third kappa shape index (κ3) is 7.89. The van der Waals surface area contributed by atoms with Gasteiger partial charge in [0.25, 0.3) is 0 Å². The van der Waals surface area contributed by atoms with Gasteiger partial charge >= 0.3 is 12.5 Å². The Labute approximate surface area is 206 Å². The fourth-order valence-electron chi connectivity index (χ4n) is 3.70. The van der Waals surface area contributed by atoms with Gasteiger partial charge in [0.05, 0.1) is 0 Å². The van der Waals surface area contributed by atoms with Crippen molar-refractivity contribution in [1.82, 2.24) is 10.6 Å². The highest BCUT2D eigenvalue weighted by molar-refractivity contribution is 5.99. The molecular weight excluding hydrogens is 479 g/mol. The first-order valence-corrected chi connectivity index (χ1v) is 11.3. The van der Waals surface area contributed by atoms with Crippen molar-refractivity contribution in [3.8, 4) is 5.75 Å². The van der Waals surface area contributed by atoms with Crippen LogP contribution in [-0.2, 0) is 27.2 Å². The zero-order valence-corrected chi connectivity index (χ0v) is 20.1. The van der Waals surface area contributed by atoms with E-state index < -0.39 is 47.7 Å². The molecule has 194 valence electrons. The molecule has 3 amide bonds. The van der Waals surface area contributed by atoms with E-state index in [1.165, 1.54) is 18.2 Å². The van der Waals surface area contributed by atoms with E-state index in [1.807, 2.05) is 12.1 Å². The molecule has 2 atom stereocenters. The van der Waals surface area contributed by atoms with Crippen LogP contribution < -0.4 is 20.7 Å². The Morgan fingerprint density at radius 1 is 1.08 bits per heavy atom. The number of fused-ring (bicyclic) bond motifs is 1. The van der Waals surface area contributed by atoms with Gasteiger partial charge in [-0.15, -0.1) is 13.2 Å². The van der Waals surface area contributed by atoms with Crippen LogP contribution >= 0.6 is 0 Å². The molecule has 2 aromatic rings. The monoisotopic (exact) mass is 507 g/mol. The third-order valence-corrected chi connectivity index (χ3v) is 5.24. The number of aryl methyl sites for hydroxylation is 1. The van der Waals surface area contributed by atoms with E-state index in [0.29, 0.717) is 18.5 Å². The Balaban J connectivity index is 1.80. The van der Waals surface area contributed by atoms with Crippen molar-refractivity contribution in [3.63, 3.8) is 0 Å². The van der Waals surface area contributed by atoms with Crippen LogP contribution in [0.15, 0.2) is 48.5 Å². The fourth-order valence-corrected chi connectivity index (χ4v) is 3.70. The van der Waals surface area contributed by atoms with Crippen LogP contribution in [-0.4, -0.2) is 42.0 Å². The van der Waals surface area contributed by atoms with Gasteiger partial charge in [0, 0.05) is 12.1 Å². The van der Waals surface area contributed by atoms with E-state index in [-0.39, 0.29) is 12.0 Å². The number of carbonyl (C=O) groups is 3. The highest BCUT2D eigenvalue weighted by Crippen LogP contribution is 2.27. The summed E-state index contributed by atoms with van der Waals surface area (Å²) in [6, 6.07) is 10.3. The number of para-hydroxylation sites is 2. The molecule has 3 rings (SSSR count). The summed E-state index contributed by atoms with van der Waals surface area (Å²) in [7, 11) is 0. The van der Waals surface area contributed by atoms with Crippen LogP contribution in [0.3, 0.4) is 0 Å². The maximum Gasteiger partial charge on any atom is 0.573 e. The van der Waals surface area contributed by atoms with Gasteiger partial charge in [-0.2, -0.15) is 0 Å². The van der Waals surface area contributed by atoms with Crippen molar-refractivity contribution in [2.45, 2.75) is 64.1 Å². The third-order valence-electron chi connectivity index (χ3n) is 5.24.